The molecule has 0 aromatic rings. The third kappa shape index (κ3) is 4.19. The molecule has 0 rings (SSSR count). The van der Waals surface area contributed by atoms with Gasteiger partial charge < -0.3 is 13.6 Å². The maximum atomic E-state index is 5.37. The lowest BCUT2D eigenvalue weighted by atomic mass is 10.3. The van der Waals surface area contributed by atoms with E-state index in [-0.39, 0.29) is 6.10 Å². The van der Waals surface area contributed by atoms with Crippen molar-refractivity contribution < 1.29 is 13.6 Å². The van der Waals surface area contributed by atoms with E-state index in [9.17, 15) is 0 Å². The Balaban J connectivity index is 3.97. The molecule has 0 N–H and O–H groups in total. The fourth-order valence-corrected chi connectivity index (χ4v) is 1.81. The van der Waals surface area contributed by atoms with Gasteiger partial charge in [-0.25, -0.2) is 0 Å². The maximum absolute atomic E-state index is 5.37. The molecule has 3 nitrogen and oxygen atoms in total. The molecule has 0 spiro atoms. The average molecular weight is 198 g/mol. The van der Waals surface area contributed by atoms with E-state index in [0.29, 0.717) is 0 Å². The Labute approximate surface area is 73.3 Å². The zero-order valence-corrected chi connectivity index (χ0v) is 9.08. The van der Waals surface area contributed by atoms with Crippen molar-refractivity contribution >= 4 is 18.5 Å². The SMILES string of the molecule is CCC(C)OP(=S)(OC)OC. The van der Waals surface area contributed by atoms with Crippen LogP contribution in [0.3, 0.4) is 0 Å². The second-order valence-corrected chi connectivity index (χ2v) is 5.31. The van der Waals surface area contributed by atoms with Crippen molar-refractivity contribution in [1.29, 1.82) is 0 Å². The van der Waals surface area contributed by atoms with Gasteiger partial charge in [0.1, 0.15) is 0 Å². The van der Waals surface area contributed by atoms with Crippen molar-refractivity contribution in [2.24, 2.45) is 0 Å². The van der Waals surface area contributed by atoms with Gasteiger partial charge in [0.05, 0.1) is 6.10 Å². The molecular formula is C6H15O3PS. The lowest BCUT2D eigenvalue weighted by Crippen LogP contribution is -2.05. The molecule has 1 unspecified atom stereocenters. The summed E-state index contributed by atoms with van der Waals surface area (Å²) < 4.78 is 15.2. The van der Waals surface area contributed by atoms with Crippen LogP contribution in [0.4, 0.5) is 0 Å². The quantitative estimate of drug-likeness (QED) is 0.633. The van der Waals surface area contributed by atoms with E-state index in [4.69, 9.17) is 25.4 Å². The lowest BCUT2D eigenvalue weighted by molar-refractivity contribution is 0.151. The van der Waals surface area contributed by atoms with Crippen molar-refractivity contribution in [3.63, 3.8) is 0 Å². The highest BCUT2D eigenvalue weighted by molar-refractivity contribution is 8.07. The van der Waals surface area contributed by atoms with Gasteiger partial charge in [-0.15, -0.1) is 0 Å². The summed E-state index contributed by atoms with van der Waals surface area (Å²) in [5.74, 6) is 0. The molecule has 0 bridgehead atoms. The Morgan fingerprint density at radius 2 is 1.82 bits per heavy atom. The minimum Gasteiger partial charge on any atom is -0.312 e. The highest BCUT2D eigenvalue weighted by Crippen LogP contribution is 2.49. The Bertz CT molecular complexity index is 143. The molecule has 0 fully saturated rings. The van der Waals surface area contributed by atoms with E-state index in [0.717, 1.165) is 6.42 Å². The molecule has 0 radical (unpaired) electrons. The van der Waals surface area contributed by atoms with Crippen LogP contribution in [0, 0.1) is 0 Å². The van der Waals surface area contributed by atoms with Crippen molar-refractivity contribution in [3.05, 3.63) is 0 Å². The summed E-state index contributed by atoms with van der Waals surface area (Å²) in [5.41, 5.74) is 0. The molecule has 68 valence electrons. The fourth-order valence-electron chi connectivity index (χ4n) is 0.456. The Hall–Kier alpha value is 0.530. The summed E-state index contributed by atoms with van der Waals surface area (Å²) in [4.78, 5) is 0. The molecule has 0 aliphatic carbocycles. The molecule has 0 aromatic carbocycles. The molecule has 0 saturated heterocycles. The summed E-state index contributed by atoms with van der Waals surface area (Å²) in [7, 11) is 3.01. The van der Waals surface area contributed by atoms with Crippen molar-refractivity contribution in [3.8, 4) is 0 Å². The average Bonchev–Trinajstić information content (AvgIpc) is 2.04. The highest BCUT2D eigenvalue weighted by Gasteiger charge is 2.18. The summed E-state index contributed by atoms with van der Waals surface area (Å²) >= 11 is 4.99. The first-order chi connectivity index (χ1) is 5.08. The molecule has 1 atom stereocenters. The first-order valence-corrected chi connectivity index (χ1v) is 6.03. The molecule has 11 heavy (non-hydrogen) atoms. The first-order valence-electron chi connectivity index (χ1n) is 3.48. The standard InChI is InChI=1S/C6H15O3PS/c1-5-6(2)9-10(11,7-3)8-4/h6H,5H2,1-4H3. The van der Waals surface area contributed by atoms with Gasteiger partial charge in [-0.1, -0.05) is 6.92 Å². The van der Waals surface area contributed by atoms with Crippen LogP contribution >= 0.6 is 6.72 Å². The van der Waals surface area contributed by atoms with E-state index in [1.165, 1.54) is 14.2 Å². The summed E-state index contributed by atoms with van der Waals surface area (Å²) in [5, 5.41) is 0. The van der Waals surface area contributed by atoms with Gasteiger partial charge in [0.15, 0.2) is 0 Å². The van der Waals surface area contributed by atoms with Crippen LogP contribution in [0.2, 0.25) is 0 Å². The Morgan fingerprint density at radius 3 is 2.09 bits per heavy atom. The minimum atomic E-state index is -2.42. The summed E-state index contributed by atoms with van der Waals surface area (Å²) in [6.45, 7) is 1.55. The van der Waals surface area contributed by atoms with Gasteiger partial charge in [0.2, 0.25) is 0 Å². The van der Waals surface area contributed by atoms with E-state index < -0.39 is 6.72 Å². The van der Waals surface area contributed by atoms with Crippen LogP contribution in [0.15, 0.2) is 0 Å². The molecule has 0 amide bonds. The lowest BCUT2D eigenvalue weighted by Gasteiger charge is -2.20. The third-order valence-electron chi connectivity index (χ3n) is 1.33. The van der Waals surface area contributed by atoms with Crippen molar-refractivity contribution in [2.75, 3.05) is 14.2 Å². The molecule has 0 aliphatic heterocycles. The zero-order chi connectivity index (χ0) is 8.91. The minimum absolute atomic E-state index is 0.0979. The van der Waals surface area contributed by atoms with E-state index in [2.05, 4.69) is 0 Å². The van der Waals surface area contributed by atoms with E-state index >= 15 is 0 Å². The molecule has 0 aliphatic rings. The Morgan fingerprint density at radius 1 is 1.36 bits per heavy atom. The van der Waals surface area contributed by atoms with E-state index in [1.807, 2.05) is 13.8 Å². The molecule has 5 heteroatoms. The molecule has 0 heterocycles. The van der Waals surface area contributed by atoms with Gasteiger partial charge in [0.25, 0.3) is 0 Å². The number of hydrogen-bond donors (Lipinski definition) is 0. The molecule has 0 aromatic heterocycles. The molecule has 0 saturated carbocycles. The monoisotopic (exact) mass is 198 g/mol. The number of rotatable bonds is 5. The van der Waals surface area contributed by atoms with Crippen LogP contribution in [0.25, 0.3) is 0 Å². The first kappa shape index (κ1) is 11.5. The van der Waals surface area contributed by atoms with Crippen LogP contribution in [-0.2, 0) is 25.4 Å². The van der Waals surface area contributed by atoms with Crippen molar-refractivity contribution in [2.45, 2.75) is 26.4 Å². The third-order valence-corrected chi connectivity index (χ3v) is 4.00. The summed E-state index contributed by atoms with van der Waals surface area (Å²) in [6.07, 6.45) is 1.01. The van der Waals surface area contributed by atoms with Gasteiger partial charge >= 0.3 is 6.72 Å². The second-order valence-electron chi connectivity index (χ2n) is 2.14. The second kappa shape index (κ2) is 5.22. The topological polar surface area (TPSA) is 27.7 Å². The van der Waals surface area contributed by atoms with Crippen LogP contribution in [0.1, 0.15) is 20.3 Å². The van der Waals surface area contributed by atoms with Gasteiger partial charge in [0, 0.05) is 14.2 Å². The van der Waals surface area contributed by atoms with E-state index in [1.54, 1.807) is 0 Å². The van der Waals surface area contributed by atoms with Crippen molar-refractivity contribution in [1.82, 2.24) is 0 Å². The van der Waals surface area contributed by atoms with Gasteiger partial charge in [-0.05, 0) is 25.2 Å². The predicted octanol–water partition coefficient (Wildman–Crippen LogP) is 2.32. The van der Waals surface area contributed by atoms with Crippen LogP contribution in [-0.4, -0.2) is 20.3 Å². The zero-order valence-electron chi connectivity index (χ0n) is 7.36. The predicted molar refractivity (Wildman–Crippen MR) is 49.1 cm³/mol. The number of hydrogen-bond acceptors (Lipinski definition) is 4. The largest absolute Gasteiger partial charge is 0.326 e. The van der Waals surface area contributed by atoms with Crippen LogP contribution in [0.5, 0.6) is 0 Å². The maximum Gasteiger partial charge on any atom is 0.326 e. The normalized spacial score (nSPS) is 14.9. The molecular weight excluding hydrogens is 183 g/mol. The van der Waals surface area contributed by atoms with Gasteiger partial charge in [-0.3, -0.25) is 0 Å². The van der Waals surface area contributed by atoms with Gasteiger partial charge in [-0.2, -0.15) is 0 Å². The van der Waals surface area contributed by atoms with Crippen LogP contribution < -0.4 is 0 Å². The Kier molecular flexibility index (Phi) is 5.48. The fraction of sp³-hybridized carbons (Fsp3) is 1.00. The highest BCUT2D eigenvalue weighted by atomic mass is 32.5. The smallest absolute Gasteiger partial charge is 0.312 e. The summed E-state index contributed by atoms with van der Waals surface area (Å²) in [6, 6.07) is 0.